The summed E-state index contributed by atoms with van der Waals surface area (Å²) in [6, 6.07) is 8.57. The third-order valence-corrected chi connectivity index (χ3v) is 6.42. The van der Waals surface area contributed by atoms with Crippen LogP contribution < -0.4 is 10.6 Å². The number of amides is 2. The number of alkyl halides is 2. The van der Waals surface area contributed by atoms with Crippen molar-refractivity contribution in [2.24, 2.45) is 0 Å². The van der Waals surface area contributed by atoms with E-state index < -0.39 is 54.9 Å². The molecule has 0 fully saturated rings. The van der Waals surface area contributed by atoms with E-state index in [0.717, 1.165) is 11.0 Å². The van der Waals surface area contributed by atoms with Gasteiger partial charge in [0, 0.05) is 31.1 Å². The molecule has 1 aromatic heterocycles. The van der Waals surface area contributed by atoms with E-state index in [0.29, 0.717) is 16.3 Å². The Morgan fingerprint density at radius 2 is 1.90 bits per heavy atom. The van der Waals surface area contributed by atoms with Gasteiger partial charge in [0.1, 0.15) is 24.1 Å². The SMILES string of the molecule is CC(C)(O)CNC[C@@H](COC(=O)Nc1cc2cc(F)ccc2cn1)N(CC(F)F)C(=O)CCc1cccc(F)c1Cl. The van der Waals surface area contributed by atoms with Crippen LogP contribution in [0.5, 0.6) is 0 Å². The van der Waals surface area contributed by atoms with Crippen molar-refractivity contribution in [1.29, 1.82) is 0 Å². The molecule has 0 aliphatic rings. The van der Waals surface area contributed by atoms with Gasteiger partial charge in [0.25, 0.3) is 6.43 Å². The van der Waals surface area contributed by atoms with Gasteiger partial charge in [-0.1, -0.05) is 23.7 Å². The van der Waals surface area contributed by atoms with Gasteiger partial charge in [-0.25, -0.2) is 27.3 Å². The molecule has 0 bridgehead atoms. The van der Waals surface area contributed by atoms with Crippen molar-refractivity contribution >= 4 is 40.2 Å². The van der Waals surface area contributed by atoms with E-state index in [1.807, 2.05) is 0 Å². The second-order valence-electron chi connectivity index (χ2n) is 10.0. The Morgan fingerprint density at radius 3 is 2.61 bits per heavy atom. The number of halogens is 5. The molecule has 0 saturated heterocycles. The fourth-order valence-electron chi connectivity index (χ4n) is 4.03. The summed E-state index contributed by atoms with van der Waals surface area (Å²) >= 11 is 5.96. The van der Waals surface area contributed by atoms with Gasteiger partial charge in [-0.3, -0.25) is 10.1 Å². The molecule has 0 unspecified atom stereocenters. The molecular weight excluding hydrogens is 568 g/mol. The number of pyridine rings is 1. The smallest absolute Gasteiger partial charge is 0.412 e. The molecule has 0 saturated carbocycles. The fraction of sp³-hybridized carbons (Fsp3) is 0.393. The maximum absolute atomic E-state index is 13.8. The minimum absolute atomic E-state index is 0.00540. The highest BCUT2D eigenvalue weighted by molar-refractivity contribution is 6.31. The van der Waals surface area contributed by atoms with Crippen molar-refractivity contribution in [2.45, 2.75) is 44.8 Å². The van der Waals surface area contributed by atoms with Gasteiger partial charge < -0.3 is 20.1 Å². The number of benzene rings is 2. The quantitative estimate of drug-likeness (QED) is 0.235. The molecule has 3 rings (SSSR count). The number of nitrogens with one attached hydrogen (secondary N) is 2. The molecule has 222 valence electrons. The van der Waals surface area contributed by atoms with Gasteiger partial charge in [0.2, 0.25) is 5.91 Å². The zero-order chi connectivity index (χ0) is 30.2. The fourth-order valence-corrected chi connectivity index (χ4v) is 4.25. The first-order valence-corrected chi connectivity index (χ1v) is 13.1. The Kier molecular flexibility index (Phi) is 11.3. The van der Waals surface area contributed by atoms with E-state index in [9.17, 15) is 32.3 Å². The summed E-state index contributed by atoms with van der Waals surface area (Å²) in [4.78, 5) is 30.6. The van der Waals surface area contributed by atoms with E-state index in [1.54, 1.807) is 0 Å². The molecular formula is C28H31ClF4N4O4. The lowest BCUT2D eigenvalue weighted by molar-refractivity contribution is -0.136. The summed E-state index contributed by atoms with van der Waals surface area (Å²) in [5, 5.41) is 16.3. The van der Waals surface area contributed by atoms with Crippen LogP contribution in [0.2, 0.25) is 5.02 Å². The number of aryl methyl sites for hydroxylation is 1. The van der Waals surface area contributed by atoms with E-state index in [1.165, 1.54) is 56.4 Å². The average Bonchev–Trinajstić information content (AvgIpc) is 2.89. The van der Waals surface area contributed by atoms with Crippen LogP contribution in [-0.4, -0.2) is 71.3 Å². The predicted molar refractivity (Wildman–Crippen MR) is 147 cm³/mol. The number of fused-ring (bicyclic) bond motifs is 1. The first-order chi connectivity index (χ1) is 19.3. The number of nitrogens with zero attached hydrogens (tertiary/aromatic N) is 2. The largest absolute Gasteiger partial charge is 0.447 e. The van der Waals surface area contributed by atoms with Crippen LogP contribution in [0.15, 0.2) is 48.7 Å². The molecule has 3 N–H and O–H groups in total. The van der Waals surface area contributed by atoms with Crippen LogP contribution in [-0.2, 0) is 16.0 Å². The summed E-state index contributed by atoms with van der Waals surface area (Å²) in [5.41, 5.74) is -0.803. The molecule has 2 amide bonds. The predicted octanol–water partition coefficient (Wildman–Crippen LogP) is 5.17. The highest BCUT2D eigenvalue weighted by atomic mass is 35.5. The number of hydrogen-bond acceptors (Lipinski definition) is 6. The number of ether oxygens (including phenoxy) is 1. The Hall–Kier alpha value is -3.48. The first kappa shape index (κ1) is 32.0. The lowest BCUT2D eigenvalue weighted by Gasteiger charge is -2.32. The summed E-state index contributed by atoms with van der Waals surface area (Å²) in [6.07, 6.45) is -2.71. The number of hydrogen-bond donors (Lipinski definition) is 3. The van der Waals surface area contributed by atoms with Crippen molar-refractivity contribution in [3.05, 3.63) is 70.9 Å². The Bertz CT molecular complexity index is 1360. The van der Waals surface area contributed by atoms with Crippen molar-refractivity contribution in [3.63, 3.8) is 0 Å². The van der Waals surface area contributed by atoms with Gasteiger partial charge in [0.05, 0.1) is 23.2 Å². The minimum atomic E-state index is -2.90. The van der Waals surface area contributed by atoms with Crippen LogP contribution in [0.3, 0.4) is 0 Å². The molecule has 0 aliphatic carbocycles. The Labute approximate surface area is 239 Å². The molecule has 8 nitrogen and oxygen atoms in total. The molecule has 41 heavy (non-hydrogen) atoms. The highest BCUT2D eigenvalue weighted by Crippen LogP contribution is 2.22. The van der Waals surface area contributed by atoms with Crippen LogP contribution in [0.25, 0.3) is 10.8 Å². The maximum atomic E-state index is 13.8. The molecule has 3 aromatic rings. The second kappa shape index (κ2) is 14.4. The monoisotopic (exact) mass is 598 g/mol. The van der Waals surface area contributed by atoms with E-state index >= 15 is 0 Å². The van der Waals surface area contributed by atoms with Gasteiger partial charge >= 0.3 is 6.09 Å². The number of carbonyl (C=O) groups is 2. The standard InChI is InChI=1S/C28H31ClF4N4O4/c1-28(2,40)16-34-13-21(15-41-27(39)36-24-11-19-10-20(30)8-6-18(19)12-35-24)37(14-23(32)33)25(38)9-7-17-4-3-5-22(31)26(17)29/h3-6,8,10-12,21,23,34,40H,7,9,13-16H2,1-2H3,(H,35,36,39)/t21-/m0/s1. The number of rotatable bonds is 13. The maximum Gasteiger partial charge on any atom is 0.412 e. The molecule has 0 spiro atoms. The zero-order valence-corrected chi connectivity index (χ0v) is 23.2. The van der Waals surface area contributed by atoms with E-state index in [4.69, 9.17) is 16.3 Å². The van der Waals surface area contributed by atoms with Crippen molar-refractivity contribution in [3.8, 4) is 0 Å². The lowest BCUT2D eigenvalue weighted by Crippen LogP contribution is -2.52. The third-order valence-electron chi connectivity index (χ3n) is 5.99. The average molecular weight is 599 g/mol. The highest BCUT2D eigenvalue weighted by Gasteiger charge is 2.28. The summed E-state index contributed by atoms with van der Waals surface area (Å²) in [6.45, 7) is 1.60. The number of anilines is 1. The Morgan fingerprint density at radius 1 is 1.15 bits per heavy atom. The topological polar surface area (TPSA) is 104 Å². The number of aliphatic hydroxyl groups is 1. The van der Waals surface area contributed by atoms with E-state index in [-0.39, 0.29) is 36.8 Å². The summed E-state index contributed by atoms with van der Waals surface area (Å²) < 4.78 is 59.7. The van der Waals surface area contributed by atoms with Crippen LogP contribution in [0.4, 0.5) is 28.2 Å². The van der Waals surface area contributed by atoms with Crippen molar-refractivity contribution in [1.82, 2.24) is 15.2 Å². The molecule has 1 heterocycles. The van der Waals surface area contributed by atoms with E-state index in [2.05, 4.69) is 15.6 Å². The van der Waals surface area contributed by atoms with Crippen molar-refractivity contribution in [2.75, 3.05) is 31.6 Å². The molecule has 1 atom stereocenters. The summed E-state index contributed by atoms with van der Waals surface area (Å²) in [5.74, 6) is -1.76. The van der Waals surface area contributed by atoms with Gasteiger partial charge in [0.15, 0.2) is 0 Å². The lowest BCUT2D eigenvalue weighted by atomic mass is 10.1. The molecule has 13 heteroatoms. The Balaban J connectivity index is 1.72. The van der Waals surface area contributed by atoms with Gasteiger partial charge in [-0.05, 0) is 61.5 Å². The van der Waals surface area contributed by atoms with Crippen LogP contribution in [0, 0.1) is 11.6 Å². The molecule has 0 aliphatic heterocycles. The van der Waals surface area contributed by atoms with Crippen molar-refractivity contribution < 1.29 is 37.0 Å². The van der Waals surface area contributed by atoms with Gasteiger partial charge in [-0.15, -0.1) is 0 Å². The number of aromatic nitrogens is 1. The number of carbonyl (C=O) groups excluding carboxylic acids is 2. The third kappa shape index (κ3) is 10.1. The normalized spacial score (nSPS) is 12.4. The molecule has 2 aromatic carbocycles. The zero-order valence-electron chi connectivity index (χ0n) is 22.5. The summed E-state index contributed by atoms with van der Waals surface area (Å²) in [7, 11) is 0. The second-order valence-corrected chi connectivity index (χ2v) is 10.4. The van der Waals surface area contributed by atoms with Crippen LogP contribution in [0.1, 0.15) is 25.8 Å². The van der Waals surface area contributed by atoms with Gasteiger partial charge in [-0.2, -0.15) is 0 Å². The first-order valence-electron chi connectivity index (χ1n) is 12.7. The van der Waals surface area contributed by atoms with Crippen LogP contribution >= 0.6 is 11.6 Å². The minimum Gasteiger partial charge on any atom is -0.447 e. The molecule has 0 radical (unpaired) electrons.